The van der Waals surface area contributed by atoms with Crippen LogP contribution in [0, 0.1) is 0 Å². The highest BCUT2D eigenvalue weighted by Crippen LogP contribution is 2.38. The van der Waals surface area contributed by atoms with Gasteiger partial charge in [-0.15, -0.1) is 0 Å². The van der Waals surface area contributed by atoms with Gasteiger partial charge in [-0.05, 0) is 25.3 Å². The Hall–Kier alpha value is -2.44. The molecule has 2 aromatic heterocycles. The van der Waals surface area contributed by atoms with Crippen molar-refractivity contribution in [2.45, 2.75) is 38.1 Å². The predicted molar refractivity (Wildman–Crippen MR) is 86.4 cm³/mol. The van der Waals surface area contributed by atoms with Crippen molar-refractivity contribution in [2.24, 2.45) is 0 Å². The van der Waals surface area contributed by atoms with Gasteiger partial charge in [-0.25, -0.2) is 9.97 Å². The molecular weight excluding hydrogens is 292 g/mol. The van der Waals surface area contributed by atoms with Crippen LogP contribution in [-0.4, -0.2) is 38.7 Å². The molecule has 2 fully saturated rings. The van der Waals surface area contributed by atoms with E-state index in [0.29, 0.717) is 17.8 Å². The second kappa shape index (κ2) is 5.64. The van der Waals surface area contributed by atoms with E-state index in [4.69, 9.17) is 4.98 Å². The van der Waals surface area contributed by atoms with Crippen molar-refractivity contribution in [3.63, 3.8) is 0 Å². The van der Waals surface area contributed by atoms with Gasteiger partial charge >= 0.3 is 0 Å². The lowest BCUT2D eigenvalue weighted by atomic mass is 10.3. The third-order valence-corrected chi connectivity index (χ3v) is 4.38. The molecule has 2 aromatic rings. The SMILES string of the molecule is CC(=O)Nc1ccn(C2CCN(c3ccnc(C4CC4)n3)C2)n1. The summed E-state index contributed by atoms with van der Waals surface area (Å²) in [5, 5.41) is 7.15. The van der Waals surface area contributed by atoms with E-state index in [-0.39, 0.29) is 5.91 Å². The summed E-state index contributed by atoms with van der Waals surface area (Å²) < 4.78 is 1.94. The highest BCUT2D eigenvalue weighted by atomic mass is 16.1. The van der Waals surface area contributed by atoms with E-state index in [0.717, 1.165) is 31.2 Å². The quantitative estimate of drug-likeness (QED) is 0.934. The number of carbonyl (C=O) groups excluding carboxylic acids is 1. The number of hydrogen-bond acceptors (Lipinski definition) is 5. The first-order valence-corrected chi connectivity index (χ1v) is 8.09. The normalized spacial score (nSPS) is 20.7. The van der Waals surface area contributed by atoms with E-state index < -0.39 is 0 Å². The second-order valence-corrected chi connectivity index (χ2v) is 6.30. The largest absolute Gasteiger partial charge is 0.354 e. The first kappa shape index (κ1) is 14.2. The lowest BCUT2D eigenvalue weighted by Crippen LogP contribution is -2.22. The Bertz CT molecular complexity index is 723. The monoisotopic (exact) mass is 312 g/mol. The highest BCUT2D eigenvalue weighted by molar-refractivity contribution is 5.87. The maximum absolute atomic E-state index is 11.1. The molecule has 0 radical (unpaired) electrons. The van der Waals surface area contributed by atoms with Crippen LogP contribution in [0.25, 0.3) is 0 Å². The molecule has 0 aromatic carbocycles. The van der Waals surface area contributed by atoms with E-state index in [1.165, 1.54) is 19.8 Å². The standard InChI is InChI=1S/C16H20N6O/c1-11(23)18-14-6-9-22(20-14)13-5-8-21(10-13)15-4-7-17-16(19-15)12-2-3-12/h4,6-7,9,12-13H,2-3,5,8,10H2,1H3,(H,18,20,23). The van der Waals surface area contributed by atoms with Crippen LogP contribution < -0.4 is 10.2 Å². The summed E-state index contributed by atoms with van der Waals surface area (Å²) in [5.74, 6) is 3.07. The molecule has 1 unspecified atom stereocenters. The zero-order valence-corrected chi connectivity index (χ0v) is 13.1. The van der Waals surface area contributed by atoms with Gasteiger partial charge in [0.2, 0.25) is 5.91 Å². The molecule has 1 aliphatic heterocycles. The van der Waals surface area contributed by atoms with Crippen molar-refractivity contribution in [3.05, 3.63) is 30.4 Å². The minimum Gasteiger partial charge on any atom is -0.354 e. The zero-order valence-electron chi connectivity index (χ0n) is 13.1. The van der Waals surface area contributed by atoms with Crippen LogP contribution >= 0.6 is 0 Å². The highest BCUT2D eigenvalue weighted by Gasteiger charge is 2.29. The maximum Gasteiger partial charge on any atom is 0.222 e. The average molecular weight is 312 g/mol. The molecule has 1 aliphatic carbocycles. The Morgan fingerprint density at radius 1 is 1.30 bits per heavy atom. The Balaban J connectivity index is 1.45. The number of hydrogen-bond donors (Lipinski definition) is 1. The van der Waals surface area contributed by atoms with E-state index >= 15 is 0 Å². The number of amides is 1. The number of carbonyl (C=O) groups is 1. The number of nitrogens with one attached hydrogen (secondary N) is 1. The lowest BCUT2D eigenvalue weighted by Gasteiger charge is -2.18. The van der Waals surface area contributed by atoms with Gasteiger partial charge in [0.15, 0.2) is 5.82 Å². The van der Waals surface area contributed by atoms with Gasteiger partial charge < -0.3 is 10.2 Å². The molecule has 120 valence electrons. The number of nitrogens with zero attached hydrogens (tertiary/aromatic N) is 5. The molecule has 23 heavy (non-hydrogen) atoms. The fourth-order valence-electron chi connectivity index (χ4n) is 3.03. The number of rotatable bonds is 4. The van der Waals surface area contributed by atoms with Crippen molar-refractivity contribution < 1.29 is 4.79 Å². The molecule has 7 nitrogen and oxygen atoms in total. The van der Waals surface area contributed by atoms with Crippen LogP contribution in [0.2, 0.25) is 0 Å². The Kier molecular flexibility index (Phi) is 3.48. The zero-order chi connectivity index (χ0) is 15.8. The molecule has 0 spiro atoms. The maximum atomic E-state index is 11.1. The van der Waals surface area contributed by atoms with E-state index in [2.05, 4.69) is 20.3 Å². The number of aromatic nitrogens is 4. The second-order valence-electron chi connectivity index (χ2n) is 6.30. The Labute approximate surface area is 134 Å². The van der Waals surface area contributed by atoms with Crippen LogP contribution in [-0.2, 0) is 4.79 Å². The van der Waals surface area contributed by atoms with Crippen molar-refractivity contribution in [2.75, 3.05) is 23.3 Å². The van der Waals surface area contributed by atoms with E-state index in [1.807, 2.05) is 29.2 Å². The van der Waals surface area contributed by atoms with Crippen LogP contribution in [0.4, 0.5) is 11.6 Å². The molecule has 1 amide bonds. The van der Waals surface area contributed by atoms with Gasteiger partial charge in [0.25, 0.3) is 0 Å². The van der Waals surface area contributed by atoms with Gasteiger partial charge in [0, 0.05) is 44.4 Å². The lowest BCUT2D eigenvalue weighted by molar-refractivity contribution is -0.114. The summed E-state index contributed by atoms with van der Waals surface area (Å²) in [7, 11) is 0. The summed E-state index contributed by atoms with van der Waals surface area (Å²) in [5.41, 5.74) is 0. The topological polar surface area (TPSA) is 75.9 Å². The molecule has 2 aliphatic rings. The summed E-state index contributed by atoms with van der Waals surface area (Å²) >= 11 is 0. The van der Waals surface area contributed by atoms with Gasteiger partial charge in [0.05, 0.1) is 6.04 Å². The third-order valence-electron chi connectivity index (χ3n) is 4.38. The molecule has 7 heteroatoms. The van der Waals surface area contributed by atoms with Crippen LogP contribution in [0.15, 0.2) is 24.5 Å². The molecule has 1 saturated heterocycles. The Morgan fingerprint density at radius 3 is 2.96 bits per heavy atom. The van der Waals surface area contributed by atoms with Gasteiger partial charge in [-0.3, -0.25) is 9.48 Å². The summed E-state index contributed by atoms with van der Waals surface area (Å²) in [6.07, 6.45) is 7.24. The van der Waals surface area contributed by atoms with Crippen molar-refractivity contribution in [3.8, 4) is 0 Å². The smallest absolute Gasteiger partial charge is 0.222 e. The average Bonchev–Trinajstić information content (AvgIpc) is 3.09. The van der Waals surface area contributed by atoms with Gasteiger partial charge in [-0.2, -0.15) is 5.10 Å². The van der Waals surface area contributed by atoms with Crippen molar-refractivity contribution in [1.29, 1.82) is 0 Å². The molecule has 3 heterocycles. The molecule has 1 atom stereocenters. The first-order valence-electron chi connectivity index (χ1n) is 8.09. The van der Waals surface area contributed by atoms with Crippen LogP contribution in [0.1, 0.15) is 44.0 Å². The van der Waals surface area contributed by atoms with E-state index in [1.54, 1.807) is 0 Å². The predicted octanol–water partition coefficient (Wildman–Crippen LogP) is 1.96. The summed E-state index contributed by atoms with van der Waals surface area (Å²) in [4.78, 5) is 22.5. The fraction of sp³-hybridized carbons (Fsp3) is 0.500. The van der Waals surface area contributed by atoms with Crippen molar-refractivity contribution in [1.82, 2.24) is 19.7 Å². The van der Waals surface area contributed by atoms with Crippen molar-refractivity contribution >= 4 is 17.5 Å². The summed E-state index contributed by atoms with van der Waals surface area (Å²) in [6, 6.07) is 4.12. The number of anilines is 2. The molecule has 1 saturated carbocycles. The molecule has 0 bridgehead atoms. The molecule has 1 N–H and O–H groups in total. The third kappa shape index (κ3) is 3.04. The Morgan fingerprint density at radius 2 is 2.17 bits per heavy atom. The van der Waals surface area contributed by atoms with E-state index in [9.17, 15) is 4.79 Å². The molecule has 4 rings (SSSR count). The van der Waals surface area contributed by atoms with Crippen LogP contribution in [0.5, 0.6) is 0 Å². The minimum absolute atomic E-state index is 0.100. The van der Waals surface area contributed by atoms with Gasteiger partial charge in [-0.1, -0.05) is 0 Å². The minimum atomic E-state index is -0.100. The fourth-order valence-corrected chi connectivity index (χ4v) is 3.03. The van der Waals surface area contributed by atoms with Gasteiger partial charge in [0.1, 0.15) is 11.6 Å². The first-order chi connectivity index (χ1) is 11.2. The van der Waals surface area contributed by atoms with Crippen LogP contribution in [0.3, 0.4) is 0 Å². The molecular formula is C16H20N6O. The summed E-state index contributed by atoms with van der Waals surface area (Å²) in [6.45, 7) is 3.33.